The number of carbonyl (C=O) groups is 3. The van der Waals surface area contributed by atoms with E-state index in [-0.39, 0.29) is 11.2 Å². The van der Waals surface area contributed by atoms with Gasteiger partial charge in [0.2, 0.25) is 0 Å². The van der Waals surface area contributed by atoms with Crippen molar-refractivity contribution in [3.05, 3.63) is 59.2 Å². The summed E-state index contributed by atoms with van der Waals surface area (Å²) in [6.45, 7) is 2.63. The first-order valence-corrected chi connectivity index (χ1v) is 13.4. The van der Waals surface area contributed by atoms with Crippen LogP contribution in [0.25, 0.3) is 12.2 Å². The average Bonchev–Trinajstić information content (AvgIpc) is 3.24. The number of hydrogen-bond acceptors (Lipinski definition) is 7. The summed E-state index contributed by atoms with van der Waals surface area (Å²) in [5, 5.41) is 8.90. The zero-order valence-electron chi connectivity index (χ0n) is 19.2. The highest BCUT2D eigenvalue weighted by Gasteiger charge is 2.36. The second-order valence-corrected chi connectivity index (χ2v) is 10.9. The van der Waals surface area contributed by atoms with E-state index in [1.165, 1.54) is 25.5 Å². The standard InChI is InChI=1S/C26H28O6S2/c1-18(27)31-23-15-21(16-24(17-23)32-19(2)28)7-6-20-8-10-22(11-9-20)26(13-14-33-34-26)12-4-3-5-25(29)30/h6-11,15-17H,3-5,12-14H2,1-2H3,(H,29,30)/b7-6+. The summed E-state index contributed by atoms with van der Waals surface area (Å²) in [7, 11) is 3.78. The molecule has 1 aliphatic heterocycles. The zero-order chi connectivity index (χ0) is 24.6. The van der Waals surface area contributed by atoms with Gasteiger partial charge < -0.3 is 14.6 Å². The van der Waals surface area contributed by atoms with Crippen molar-refractivity contribution in [3.8, 4) is 11.5 Å². The van der Waals surface area contributed by atoms with Crippen LogP contribution >= 0.6 is 21.6 Å². The van der Waals surface area contributed by atoms with Crippen molar-refractivity contribution in [2.75, 3.05) is 5.75 Å². The Morgan fingerprint density at radius 2 is 1.56 bits per heavy atom. The molecular formula is C26H28O6S2. The quantitative estimate of drug-likeness (QED) is 0.133. The summed E-state index contributed by atoms with van der Waals surface area (Å²) in [6.07, 6.45) is 7.67. The molecule has 0 radical (unpaired) electrons. The maximum atomic E-state index is 11.3. The summed E-state index contributed by atoms with van der Waals surface area (Å²) in [4.78, 5) is 33.5. The number of aliphatic carboxylic acids is 1. The largest absolute Gasteiger partial charge is 0.481 e. The topological polar surface area (TPSA) is 89.9 Å². The predicted molar refractivity (Wildman–Crippen MR) is 137 cm³/mol. The van der Waals surface area contributed by atoms with E-state index in [0.717, 1.165) is 36.1 Å². The van der Waals surface area contributed by atoms with Crippen molar-refractivity contribution in [1.82, 2.24) is 0 Å². The molecule has 1 aliphatic rings. The van der Waals surface area contributed by atoms with Crippen LogP contribution in [0, 0.1) is 0 Å². The van der Waals surface area contributed by atoms with Crippen molar-refractivity contribution < 1.29 is 29.0 Å². The molecule has 1 unspecified atom stereocenters. The molecule has 1 saturated heterocycles. The van der Waals surface area contributed by atoms with Crippen LogP contribution in [-0.2, 0) is 19.1 Å². The third-order valence-corrected chi connectivity index (χ3v) is 8.62. The molecule has 0 spiro atoms. The molecule has 0 saturated carbocycles. The lowest BCUT2D eigenvalue weighted by Crippen LogP contribution is -2.18. The Bertz CT molecular complexity index is 1020. The Labute approximate surface area is 207 Å². The summed E-state index contributed by atoms with van der Waals surface area (Å²) in [5.74, 6) is 0.0607. The van der Waals surface area contributed by atoms with E-state index in [1.54, 1.807) is 12.1 Å². The van der Waals surface area contributed by atoms with Gasteiger partial charge in [-0.3, -0.25) is 14.4 Å². The number of benzene rings is 2. The third kappa shape index (κ3) is 7.67. The Morgan fingerprint density at radius 3 is 2.09 bits per heavy atom. The molecule has 3 rings (SSSR count). The number of unbranched alkanes of at least 4 members (excludes halogenated alkanes) is 1. The number of carboxylic acid groups (broad SMARTS) is 1. The third-order valence-electron chi connectivity index (χ3n) is 5.36. The number of esters is 2. The summed E-state index contributed by atoms with van der Waals surface area (Å²) in [5.41, 5.74) is 3.01. The fourth-order valence-corrected chi connectivity index (χ4v) is 7.30. The minimum absolute atomic E-state index is 0.0305. The van der Waals surface area contributed by atoms with E-state index in [9.17, 15) is 14.4 Å². The lowest BCUT2D eigenvalue weighted by atomic mass is 9.89. The number of carbonyl (C=O) groups excluding carboxylic acids is 2. The molecule has 1 atom stereocenters. The van der Waals surface area contributed by atoms with Crippen molar-refractivity contribution in [2.24, 2.45) is 0 Å². The van der Waals surface area contributed by atoms with Crippen LogP contribution in [-0.4, -0.2) is 28.8 Å². The van der Waals surface area contributed by atoms with Crippen LogP contribution in [0.2, 0.25) is 0 Å². The average molecular weight is 501 g/mol. The van der Waals surface area contributed by atoms with Crippen molar-refractivity contribution in [1.29, 1.82) is 0 Å². The lowest BCUT2D eigenvalue weighted by Gasteiger charge is -2.28. The van der Waals surface area contributed by atoms with Crippen LogP contribution in [0.15, 0.2) is 42.5 Å². The van der Waals surface area contributed by atoms with Crippen molar-refractivity contribution in [3.63, 3.8) is 0 Å². The van der Waals surface area contributed by atoms with Crippen LogP contribution in [0.3, 0.4) is 0 Å². The van der Waals surface area contributed by atoms with Crippen LogP contribution in [0.4, 0.5) is 0 Å². The molecule has 0 amide bonds. The monoisotopic (exact) mass is 500 g/mol. The van der Waals surface area contributed by atoms with Gasteiger partial charge in [-0.25, -0.2) is 0 Å². The van der Waals surface area contributed by atoms with Gasteiger partial charge in [-0.05, 0) is 48.1 Å². The molecular weight excluding hydrogens is 472 g/mol. The molecule has 1 heterocycles. The van der Waals surface area contributed by atoms with Crippen molar-refractivity contribution >= 4 is 51.6 Å². The maximum absolute atomic E-state index is 11.3. The molecule has 6 nitrogen and oxygen atoms in total. The number of ether oxygens (including phenoxy) is 2. The predicted octanol–water partition coefficient (Wildman–Crippen LogP) is 6.33. The number of rotatable bonds is 10. The van der Waals surface area contributed by atoms with Gasteiger partial charge in [0.05, 0.1) is 4.75 Å². The van der Waals surface area contributed by atoms with Crippen molar-refractivity contribution in [2.45, 2.75) is 50.7 Å². The van der Waals surface area contributed by atoms with Gasteiger partial charge in [-0.15, -0.1) is 0 Å². The minimum atomic E-state index is -0.739. The molecule has 0 aliphatic carbocycles. The van der Waals surface area contributed by atoms with E-state index < -0.39 is 17.9 Å². The molecule has 8 heteroatoms. The number of hydrogen-bond donors (Lipinski definition) is 1. The normalized spacial score (nSPS) is 17.6. The molecule has 0 aromatic heterocycles. The van der Waals surface area contributed by atoms with E-state index in [1.807, 2.05) is 33.7 Å². The van der Waals surface area contributed by atoms with E-state index >= 15 is 0 Å². The molecule has 180 valence electrons. The fraction of sp³-hybridized carbons (Fsp3) is 0.346. The number of carboxylic acids is 1. The van der Waals surface area contributed by atoms with E-state index in [0.29, 0.717) is 17.9 Å². The van der Waals surface area contributed by atoms with Gasteiger partial charge in [-0.1, -0.05) is 64.4 Å². The highest BCUT2D eigenvalue weighted by Crippen LogP contribution is 2.56. The first-order valence-electron chi connectivity index (χ1n) is 11.1. The summed E-state index contributed by atoms with van der Waals surface area (Å²) in [6, 6.07) is 13.3. The van der Waals surface area contributed by atoms with Crippen LogP contribution in [0.5, 0.6) is 11.5 Å². The highest BCUT2D eigenvalue weighted by atomic mass is 33.1. The first kappa shape index (κ1) is 25.9. The lowest BCUT2D eigenvalue weighted by molar-refractivity contribution is -0.137. The van der Waals surface area contributed by atoms with Gasteiger partial charge in [-0.2, -0.15) is 0 Å². The van der Waals surface area contributed by atoms with Gasteiger partial charge in [0, 0.05) is 32.1 Å². The van der Waals surface area contributed by atoms with E-state index in [4.69, 9.17) is 14.6 Å². The molecule has 0 bridgehead atoms. The minimum Gasteiger partial charge on any atom is -0.481 e. The highest BCUT2D eigenvalue weighted by molar-refractivity contribution is 8.77. The second kappa shape index (κ2) is 12.1. The first-order chi connectivity index (χ1) is 16.3. The Morgan fingerprint density at radius 1 is 0.941 bits per heavy atom. The van der Waals surface area contributed by atoms with Gasteiger partial charge >= 0.3 is 17.9 Å². The smallest absolute Gasteiger partial charge is 0.308 e. The molecule has 2 aromatic carbocycles. The molecule has 2 aromatic rings. The van der Waals surface area contributed by atoms with Crippen LogP contribution in [0.1, 0.15) is 62.6 Å². The molecule has 1 fully saturated rings. The fourth-order valence-electron chi connectivity index (χ4n) is 3.82. The maximum Gasteiger partial charge on any atom is 0.308 e. The van der Waals surface area contributed by atoms with Gasteiger partial charge in [0.25, 0.3) is 0 Å². The van der Waals surface area contributed by atoms with Gasteiger partial charge in [0.1, 0.15) is 11.5 Å². The summed E-state index contributed by atoms with van der Waals surface area (Å²) >= 11 is 0. The Hall–Kier alpha value is -2.71. The molecule has 1 N–H and O–H groups in total. The molecule has 34 heavy (non-hydrogen) atoms. The second-order valence-electron chi connectivity index (χ2n) is 8.13. The SMILES string of the molecule is CC(=O)Oc1cc(/C=C/c2ccc(C3(CCCCC(=O)O)CCSS3)cc2)cc(OC(C)=O)c1. The van der Waals surface area contributed by atoms with E-state index in [2.05, 4.69) is 24.3 Å². The van der Waals surface area contributed by atoms with Crippen LogP contribution < -0.4 is 9.47 Å². The Balaban J connectivity index is 1.74. The zero-order valence-corrected chi connectivity index (χ0v) is 20.9. The Kier molecular flexibility index (Phi) is 9.24. The van der Waals surface area contributed by atoms with Gasteiger partial charge in [0.15, 0.2) is 0 Å². The summed E-state index contributed by atoms with van der Waals surface area (Å²) < 4.78 is 10.4.